The Balaban J connectivity index is 1.60. The van der Waals surface area contributed by atoms with E-state index in [-0.39, 0.29) is 11.6 Å². The molecule has 3 heterocycles. The van der Waals surface area contributed by atoms with Crippen LogP contribution >= 0.6 is 0 Å². The van der Waals surface area contributed by atoms with Gasteiger partial charge in [0.15, 0.2) is 5.69 Å². The average Bonchev–Trinajstić information content (AvgIpc) is 3.12. The Labute approximate surface area is 170 Å². The van der Waals surface area contributed by atoms with Gasteiger partial charge in [0.2, 0.25) is 5.88 Å². The number of nitrogens with zero attached hydrogens (tertiary/aromatic N) is 4. The molecule has 1 amide bonds. The van der Waals surface area contributed by atoms with Crippen molar-refractivity contribution >= 4 is 33.4 Å². The lowest BCUT2D eigenvalue weighted by Gasteiger charge is -2.07. The number of rotatable bonds is 3. The first-order valence-electron chi connectivity index (χ1n) is 9.26. The predicted octanol–water partition coefficient (Wildman–Crippen LogP) is 5.41. The molecule has 0 aliphatic heterocycles. The molecule has 0 fully saturated rings. The highest BCUT2D eigenvalue weighted by molar-refractivity contribution is 6.07. The molecule has 0 aliphatic rings. The van der Waals surface area contributed by atoms with E-state index < -0.39 is 5.91 Å². The summed E-state index contributed by atoms with van der Waals surface area (Å²) < 4.78 is 0. The molecule has 2 N–H and O–H groups in total. The Bertz CT molecular complexity index is 1420. The number of pyridine rings is 2. The summed E-state index contributed by atoms with van der Waals surface area (Å²) in [5, 5.41) is 19.5. The number of aromatic nitrogens is 3. The highest BCUT2D eigenvalue weighted by Gasteiger charge is 2.15. The number of hydrogen-bond donors (Lipinski definition) is 2. The van der Waals surface area contributed by atoms with E-state index in [1.165, 1.54) is 0 Å². The second kappa shape index (κ2) is 7.21. The molecule has 7 heteroatoms. The van der Waals surface area contributed by atoms with Crippen molar-refractivity contribution in [3.05, 3.63) is 84.7 Å². The van der Waals surface area contributed by atoms with E-state index in [1.54, 1.807) is 24.5 Å². The Morgan fingerprint density at radius 1 is 0.933 bits per heavy atom. The number of nitrogens with one attached hydrogen (secondary N) is 1. The summed E-state index contributed by atoms with van der Waals surface area (Å²) in [5.41, 5.74) is 3.49. The first kappa shape index (κ1) is 17.7. The number of amides is 1. The van der Waals surface area contributed by atoms with Crippen molar-refractivity contribution in [2.45, 2.75) is 0 Å². The summed E-state index contributed by atoms with van der Waals surface area (Å²) in [4.78, 5) is 24.5. The Morgan fingerprint density at radius 3 is 2.50 bits per heavy atom. The monoisotopic (exact) mass is 393 g/mol. The molecular formula is C23H15N5O2. The first-order chi connectivity index (χ1) is 14.7. The van der Waals surface area contributed by atoms with Gasteiger partial charge in [0.25, 0.3) is 5.91 Å². The Kier molecular flexibility index (Phi) is 4.25. The number of carbonyl (C=O) groups is 1. The van der Waals surface area contributed by atoms with Crippen LogP contribution in [0.1, 0.15) is 10.4 Å². The van der Waals surface area contributed by atoms with E-state index in [0.717, 1.165) is 5.56 Å². The van der Waals surface area contributed by atoms with E-state index >= 15 is 0 Å². The maximum atomic E-state index is 13.0. The third kappa shape index (κ3) is 3.08. The van der Waals surface area contributed by atoms with Crippen LogP contribution in [0.4, 0.5) is 5.69 Å². The van der Waals surface area contributed by atoms with Crippen molar-refractivity contribution in [2.24, 2.45) is 10.2 Å². The third-order valence-corrected chi connectivity index (χ3v) is 4.82. The van der Waals surface area contributed by atoms with Crippen LogP contribution in [0.15, 0.2) is 89.4 Å². The van der Waals surface area contributed by atoms with E-state index in [2.05, 4.69) is 25.2 Å². The lowest BCUT2D eigenvalue weighted by molar-refractivity contribution is 0.0996. The van der Waals surface area contributed by atoms with Crippen molar-refractivity contribution in [1.82, 2.24) is 15.0 Å². The highest BCUT2D eigenvalue weighted by atomic mass is 16.3. The second-order valence-corrected chi connectivity index (χ2v) is 6.68. The van der Waals surface area contributed by atoms with E-state index in [4.69, 9.17) is 0 Å². The molecule has 7 nitrogen and oxygen atoms in total. The van der Waals surface area contributed by atoms with Gasteiger partial charge in [-0.25, -0.2) is 4.98 Å². The van der Waals surface area contributed by atoms with Gasteiger partial charge in [-0.3, -0.25) is 9.78 Å². The van der Waals surface area contributed by atoms with Gasteiger partial charge in [-0.1, -0.05) is 36.4 Å². The first-order valence-corrected chi connectivity index (χ1v) is 9.26. The number of H-pyrrole nitrogens is 1. The van der Waals surface area contributed by atoms with E-state index in [9.17, 15) is 9.90 Å². The van der Waals surface area contributed by atoms with Gasteiger partial charge in [0.05, 0.1) is 22.3 Å². The van der Waals surface area contributed by atoms with E-state index in [0.29, 0.717) is 33.1 Å². The molecule has 5 aromatic rings. The fourth-order valence-electron chi connectivity index (χ4n) is 3.39. The molecule has 0 radical (unpaired) electrons. The van der Waals surface area contributed by atoms with Gasteiger partial charge in [0, 0.05) is 28.7 Å². The molecule has 144 valence electrons. The van der Waals surface area contributed by atoms with Crippen LogP contribution in [0.3, 0.4) is 0 Å². The van der Waals surface area contributed by atoms with Crippen molar-refractivity contribution < 1.29 is 9.90 Å². The molecule has 2 aromatic carbocycles. The molecule has 0 saturated carbocycles. The molecule has 30 heavy (non-hydrogen) atoms. The number of aromatic amines is 1. The van der Waals surface area contributed by atoms with Gasteiger partial charge in [-0.15, -0.1) is 10.2 Å². The molecule has 0 bridgehead atoms. The lowest BCUT2D eigenvalue weighted by Crippen LogP contribution is -1.99. The molecule has 0 unspecified atom stereocenters. The molecule has 5 rings (SSSR count). The topological polar surface area (TPSA) is 104 Å². The summed E-state index contributed by atoms with van der Waals surface area (Å²) in [5.74, 6) is -0.654. The number of carbonyl (C=O) groups excluding carboxylic acids is 1. The van der Waals surface area contributed by atoms with Crippen LogP contribution in [0.25, 0.3) is 33.1 Å². The normalized spacial score (nSPS) is 11.5. The molecule has 3 aromatic heterocycles. The molecule has 0 spiro atoms. The van der Waals surface area contributed by atoms with Crippen molar-refractivity contribution in [2.75, 3.05) is 0 Å². The minimum absolute atomic E-state index is 0.134. The quantitative estimate of drug-likeness (QED) is 0.400. The summed E-state index contributed by atoms with van der Waals surface area (Å²) >= 11 is 0. The Morgan fingerprint density at radius 2 is 1.67 bits per heavy atom. The zero-order valence-corrected chi connectivity index (χ0v) is 15.6. The SMILES string of the molecule is O=C(N=Nc1c(O)[nH]c2ccccc12)c1cc(-c2ccncc2)nc2ccccc12. The van der Waals surface area contributed by atoms with Crippen LogP contribution in [0, 0.1) is 0 Å². The second-order valence-electron chi connectivity index (χ2n) is 6.68. The number of para-hydroxylation sites is 2. The number of fused-ring (bicyclic) bond motifs is 2. The summed E-state index contributed by atoms with van der Waals surface area (Å²) in [6, 6.07) is 20.0. The fourth-order valence-corrected chi connectivity index (χ4v) is 3.39. The number of hydrogen-bond acceptors (Lipinski definition) is 5. The van der Waals surface area contributed by atoms with Crippen LogP contribution in [0.2, 0.25) is 0 Å². The minimum atomic E-state index is -0.520. The van der Waals surface area contributed by atoms with Crippen molar-refractivity contribution in [3.63, 3.8) is 0 Å². The van der Waals surface area contributed by atoms with Crippen LogP contribution in [0.5, 0.6) is 5.88 Å². The number of aromatic hydroxyl groups is 1. The minimum Gasteiger partial charge on any atom is -0.493 e. The molecule has 0 saturated heterocycles. The number of azo groups is 1. The predicted molar refractivity (Wildman–Crippen MR) is 114 cm³/mol. The standard InChI is InChI=1S/C23H15N5O2/c29-22(28-27-21-16-6-2-4-8-19(16)26-23(21)30)17-13-20(14-9-11-24-12-10-14)25-18-7-3-1-5-15(17)18/h1-13,26,30H. The maximum Gasteiger partial charge on any atom is 0.296 e. The van der Waals surface area contributed by atoms with Crippen molar-refractivity contribution in [3.8, 4) is 17.1 Å². The fraction of sp³-hybridized carbons (Fsp3) is 0. The highest BCUT2D eigenvalue weighted by Crippen LogP contribution is 2.35. The molecule has 0 aliphatic carbocycles. The van der Waals surface area contributed by atoms with Crippen molar-refractivity contribution in [1.29, 1.82) is 0 Å². The zero-order valence-electron chi connectivity index (χ0n) is 15.6. The van der Waals surface area contributed by atoms with Crippen LogP contribution in [-0.4, -0.2) is 26.0 Å². The third-order valence-electron chi connectivity index (χ3n) is 4.82. The van der Waals surface area contributed by atoms with Gasteiger partial charge in [-0.2, -0.15) is 0 Å². The number of benzene rings is 2. The Hall–Kier alpha value is -4.39. The summed E-state index contributed by atoms with van der Waals surface area (Å²) in [6.45, 7) is 0. The smallest absolute Gasteiger partial charge is 0.296 e. The largest absolute Gasteiger partial charge is 0.493 e. The van der Waals surface area contributed by atoms with Crippen LogP contribution in [-0.2, 0) is 0 Å². The molecule has 0 atom stereocenters. The van der Waals surface area contributed by atoms with Gasteiger partial charge in [0.1, 0.15) is 0 Å². The van der Waals surface area contributed by atoms with E-state index in [1.807, 2.05) is 54.6 Å². The average molecular weight is 393 g/mol. The summed E-state index contributed by atoms with van der Waals surface area (Å²) in [7, 11) is 0. The van der Waals surface area contributed by atoms with Gasteiger partial charge in [-0.05, 0) is 30.3 Å². The van der Waals surface area contributed by atoms with Gasteiger partial charge >= 0.3 is 0 Å². The molecular weight excluding hydrogens is 378 g/mol. The lowest BCUT2D eigenvalue weighted by atomic mass is 10.0. The maximum absolute atomic E-state index is 13.0. The van der Waals surface area contributed by atoms with Gasteiger partial charge < -0.3 is 10.1 Å². The summed E-state index contributed by atoms with van der Waals surface area (Å²) in [6.07, 6.45) is 3.35. The zero-order chi connectivity index (χ0) is 20.5. The van der Waals surface area contributed by atoms with Crippen LogP contribution < -0.4 is 0 Å².